The van der Waals surface area contributed by atoms with Crippen LogP contribution in [0.5, 0.6) is 0 Å². The fraction of sp³-hybridized carbons (Fsp3) is 0.364. The SMILES string of the molecule is Cc1cccc(C)c1NC(=O)CN1CCN(C(=O)c2cc(F)c(C)c([N+](=O)[O-])c2)CC1. The average molecular weight is 428 g/mol. The van der Waals surface area contributed by atoms with E-state index >= 15 is 0 Å². The highest BCUT2D eigenvalue weighted by atomic mass is 19.1. The van der Waals surface area contributed by atoms with Crippen LogP contribution in [0, 0.1) is 36.7 Å². The van der Waals surface area contributed by atoms with Crippen molar-refractivity contribution in [2.45, 2.75) is 20.8 Å². The van der Waals surface area contributed by atoms with Gasteiger partial charge in [0.05, 0.1) is 17.0 Å². The van der Waals surface area contributed by atoms with Crippen molar-refractivity contribution in [2.24, 2.45) is 0 Å². The smallest absolute Gasteiger partial charge is 0.276 e. The van der Waals surface area contributed by atoms with Gasteiger partial charge in [0.25, 0.3) is 11.6 Å². The second-order valence-electron chi connectivity index (χ2n) is 7.74. The Bertz CT molecular complexity index is 1010. The fourth-order valence-corrected chi connectivity index (χ4v) is 3.66. The van der Waals surface area contributed by atoms with E-state index in [-0.39, 0.29) is 23.6 Å². The first-order chi connectivity index (χ1) is 14.7. The predicted molar refractivity (Wildman–Crippen MR) is 115 cm³/mol. The Morgan fingerprint density at radius 2 is 1.71 bits per heavy atom. The number of carbonyl (C=O) groups is 2. The van der Waals surface area contributed by atoms with Crippen molar-refractivity contribution in [3.63, 3.8) is 0 Å². The van der Waals surface area contributed by atoms with Gasteiger partial charge in [-0.1, -0.05) is 18.2 Å². The Labute approximate surface area is 179 Å². The summed E-state index contributed by atoms with van der Waals surface area (Å²) in [6, 6.07) is 7.96. The topological polar surface area (TPSA) is 95.8 Å². The zero-order valence-corrected chi connectivity index (χ0v) is 17.8. The lowest BCUT2D eigenvalue weighted by atomic mass is 10.1. The van der Waals surface area contributed by atoms with Crippen LogP contribution in [-0.2, 0) is 4.79 Å². The summed E-state index contributed by atoms with van der Waals surface area (Å²) >= 11 is 0. The maximum atomic E-state index is 14.0. The molecule has 1 saturated heterocycles. The van der Waals surface area contributed by atoms with E-state index in [1.54, 1.807) is 0 Å². The van der Waals surface area contributed by atoms with Crippen LogP contribution in [0.4, 0.5) is 15.8 Å². The molecular formula is C22H25FN4O4. The third kappa shape index (κ3) is 5.05. The molecule has 0 saturated carbocycles. The van der Waals surface area contributed by atoms with Gasteiger partial charge in [0.1, 0.15) is 5.82 Å². The van der Waals surface area contributed by atoms with Gasteiger partial charge in [-0.3, -0.25) is 24.6 Å². The number of anilines is 1. The normalized spacial score (nSPS) is 14.4. The molecule has 8 nitrogen and oxygen atoms in total. The average Bonchev–Trinajstić information content (AvgIpc) is 2.72. The highest BCUT2D eigenvalue weighted by molar-refractivity contribution is 5.95. The van der Waals surface area contributed by atoms with Gasteiger partial charge < -0.3 is 10.2 Å². The van der Waals surface area contributed by atoms with E-state index in [1.165, 1.54) is 11.8 Å². The Kier molecular flexibility index (Phi) is 6.65. The number of halogens is 1. The number of amides is 2. The maximum Gasteiger partial charge on any atom is 0.276 e. The molecule has 0 spiro atoms. The van der Waals surface area contributed by atoms with Gasteiger partial charge in [0.2, 0.25) is 5.91 Å². The highest BCUT2D eigenvalue weighted by Crippen LogP contribution is 2.24. The monoisotopic (exact) mass is 428 g/mol. The van der Waals surface area contributed by atoms with Crippen molar-refractivity contribution < 1.29 is 18.9 Å². The van der Waals surface area contributed by atoms with E-state index in [4.69, 9.17) is 0 Å². The molecule has 1 N–H and O–H groups in total. The number of hydrogen-bond acceptors (Lipinski definition) is 5. The van der Waals surface area contributed by atoms with Crippen molar-refractivity contribution in [3.8, 4) is 0 Å². The zero-order chi connectivity index (χ0) is 22.7. The molecule has 0 radical (unpaired) electrons. The summed E-state index contributed by atoms with van der Waals surface area (Å²) in [7, 11) is 0. The van der Waals surface area contributed by atoms with E-state index in [1.807, 2.05) is 36.9 Å². The number of aryl methyl sites for hydroxylation is 2. The minimum absolute atomic E-state index is 0.0454. The number of hydrogen-bond donors (Lipinski definition) is 1. The molecule has 1 aliphatic rings. The van der Waals surface area contributed by atoms with Gasteiger partial charge in [0, 0.05) is 43.5 Å². The molecule has 31 heavy (non-hydrogen) atoms. The fourth-order valence-electron chi connectivity index (χ4n) is 3.66. The van der Waals surface area contributed by atoms with Gasteiger partial charge in [-0.25, -0.2) is 4.39 Å². The van der Waals surface area contributed by atoms with Crippen LogP contribution in [0.25, 0.3) is 0 Å². The molecule has 0 unspecified atom stereocenters. The molecule has 1 aliphatic heterocycles. The van der Waals surface area contributed by atoms with E-state index in [9.17, 15) is 24.1 Å². The summed E-state index contributed by atoms with van der Waals surface area (Å²) in [6.07, 6.45) is 0. The number of nitrogens with one attached hydrogen (secondary N) is 1. The first kappa shape index (κ1) is 22.4. The van der Waals surface area contributed by atoms with Crippen LogP contribution in [0.15, 0.2) is 30.3 Å². The number of carbonyl (C=O) groups excluding carboxylic acids is 2. The number of nitrogens with zero attached hydrogens (tertiary/aromatic N) is 3. The van der Waals surface area contributed by atoms with E-state index in [0.29, 0.717) is 26.2 Å². The Hall–Kier alpha value is -3.33. The molecule has 2 aromatic rings. The number of piperazine rings is 1. The predicted octanol–water partition coefficient (Wildman–Crippen LogP) is 3.06. The summed E-state index contributed by atoms with van der Waals surface area (Å²) in [6.45, 7) is 7.02. The standard InChI is InChI=1S/C22H25FN4O4/c1-14-5-4-6-15(2)21(14)24-20(28)13-25-7-9-26(10-8-25)22(29)17-11-18(23)16(3)19(12-17)27(30)31/h4-6,11-12H,7-10,13H2,1-3H3,(H,24,28). The van der Waals surface area contributed by atoms with Crippen LogP contribution in [0.3, 0.4) is 0 Å². The van der Waals surface area contributed by atoms with E-state index < -0.39 is 22.3 Å². The molecule has 0 bridgehead atoms. The molecule has 2 aromatic carbocycles. The maximum absolute atomic E-state index is 14.0. The van der Waals surface area contributed by atoms with Gasteiger partial charge in [-0.05, 0) is 38.0 Å². The lowest BCUT2D eigenvalue weighted by molar-refractivity contribution is -0.385. The minimum atomic E-state index is -0.778. The Morgan fingerprint density at radius 1 is 1.10 bits per heavy atom. The molecular weight excluding hydrogens is 403 g/mol. The van der Waals surface area contributed by atoms with Crippen molar-refractivity contribution in [2.75, 3.05) is 38.0 Å². The van der Waals surface area contributed by atoms with Gasteiger partial charge in [-0.15, -0.1) is 0 Å². The third-order valence-electron chi connectivity index (χ3n) is 5.53. The molecule has 1 heterocycles. The summed E-state index contributed by atoms with van der Waals surface area (Å²) in [5.41, 5.74) is 2.23. The molecule has 3 rings (SSSR count). The zero-order valence-electron chi connectivity index (χ0n) is 17.8. The number of nitro benzene ring substituents is 1. The number of rotatable bonds is 5. The second-order valence-corrected chi connectivity index (χ2v) is 7.74. The minimum Gasteiger partial charge on any atom is -0.336 e. The highest BCUT2D eigenvalue weighted by Gasteiger charge is 2.26. The van der Waals surface area contributed by atoms with Crippen molar-refractivity contribution in [3.05, 3.63) is 68.5 Å². The molecule has 0 atom stereocenters. The van der Waals surface area contributed by atoms with Crippen LogP contribution in [-0.4, -0.2) is 59.3 Å². The van der Waals surface area contributed by atoms with Crippen molar-refractivity contribution in [1.29, 1.82) is 0 Å². The van der Waals surface area contributed by atoms with E-state index in [0.717, 1.165) is 28.9 Å². The molecule has 1 fully saturated rings. The number of benzene rings is 2. The van der Waals surface area contributed by atoms with Gasteiger partial charge in [-0.2, -0.15) is 0 Å². The van der Waals surface area contributed by atoms with Crippen LogP contribution < -0.4 is 5.32 Å². The second kappa shape index (κ2) is 9.22. The number of para-hydroxylation sites is 1. The van der Waals surface area contributed by atoms with Crippen molar-refractivity contribution >= 4 is 23.2 Å². The molecule has 164 valence electrons. The lowest BCUT2D eigenvalue weighted by Crippen LogP contribution is -2.50. The third-order valence-corrected chi connectivity index (χ3v) is 5.53. The van der Waals surface area contributed by atoms with E-state index in [2.05, 4.69) is 5.32 Å². The molecule has 2 amide bonds. The van der Waals surface area contributed by atoms with Crippen LogP contribution in [0.1, 0.15) is 27.0 Å². The summed E-state index contributed by atoms with van der Waals surface area (Å²) in [4.78, 5) is 39.1. The van der Waals surface area contributed by atoms with Crippen molar-refractivity contribution in [1.82, 2.24) is 9.80 Å². The molecule has 0 aliphatic carbocycles. The Morgan fingerprint density at radius 3 is 2.29 bits per heavy atom. The van der Waals surface area contributed by atoms with Gasteiger partial charge >= 0.3 is 0 Å². The Balaban J connectivity index is 1.59. The molecule has 0 aromatic heterocycles. The van der Waals surface area contributed by atoms with Gasteiger partial charge in [0.15, 0.2) is 0 Å². The summed E-state index contributed by atoms with van der Waals surface area (Å²) in [5, 5.41) is 14.1. The first-order valence-electron chi connectivity index (χ1n) is 9.99. The molecule has 9 heteroatoms. The van der Waals surface area contributed by atoms with Crippen LogP contribution >= 0.6 is 0 Å². The lowest BCUT2D eigenvalue weighted by Gasteiger charge is -2.34. The van der Waals surface area contributed by atoms with Crippen LogP contribution in [0.2, 0.25) is 0 Å². The largest absolute Gasteiger partial charge is 0.336 e. The first-order valence-corrected chi connectivity index (χ1v) is 9.99. The quantitative estimate of drug-likeness (QED) is 0.583. The summed E-state index contributed by atoms with van der Waals surface area (Å²) < 4.78 is 14.0. The number of nitro groups is 1. The summed E-state index contributed by atoms with van der Waals surface area (Å²) in [5.74, 6) is -1.37.